The average molecular weight is 275 g/mol. The first-order valence-corrected chi connectivity index (χ1v) is 7.20. The molecule has 1 N–H and O–H groups in total. The van der Waals surface area contributed by atoms with Crippen LogP contribution >= 0.6 is 0 Å². The van der Waals surface area contributed by atoms with Crippen LogP contribution in [0.1, 0.15) is 12.8 Å². The van der Waals surface area contributed by atoms with Gasteiger partial charge in [-0.3, -0.25) is 4.90 Å². The molecule has 5 nitrogen and oxygen atoms in total. The predicted octanol–water partition coefficient (Wildman–Crippen LogP) is 2.01. The van der Waals surface area contributed by atoms with Gasteiger partial charge in [0.1, 0.15) is 5.75 Å². The van der Waals surface area contributed by atoms with Crippen LogP contribution in [-0.4, -0.2) is 55.2 Å². The van der Waals surface area contributed by atoms with Crippen LogP contribution in [0, 0.1) is 0 Å². The first-order chi connectivity index (χ1) is 9.76. The van der Waals surface area contributed by atoms with Crippen LogP contribution in [0.2, 0.25) is 0 Å². The summed E-state index contributed by atoms with van der Waals surface area (Å²) in [5.41, 5.74) is 0.810. The number of fused-ring (bicyclic) bond motifs is 1. The number of amides is 2. The Labute approximate surface area is 119 Å². The largest absolute Gasteiger partial charge is 0.497 e. The first-order valence-electron chi connectivity index (χ1n) is 7.20. The maximum absolute atomic E-state index is 12.3. The fourth-order valence-electron chi connectivity index (χ4n) is 3.05. The van der Waals surface area contributed by atoms with E-state index in [1.165, 1.54) is 19.4 Å². The minimum Gasteiger partial charge on any atom is -0.497 e. The summed E-state index contributed by atoms with van der Waals surface area (Å²) in [6.45, 7) is 3.86. The number of methoxy groups -OCH3 is 1. The molecule has 3 rings (SSSR count). The Morgan fingerprint density at radius 3 is 2.80 bits per heavy atom. The Bertz CT molecular complexity index is 475. The molecule has 2 heterocycles. The Balaban J connectivity index is 1.58. The van der Waals surface area contributed by atoms with Gasteiger partial charge in [-0.15, -0.1) is 0 Å². The van der Waals surface area contributed by atoms with E-state index in [9.17, 15) is 4.79 Å². The lowest BCUT2D eigenvalue weighted by Crippen LogP contribution is -2.53. The number of anilines is 1. The van der Waals surface area contributed by atoms with E-state index in [-0.39, 0.29) is 6.03 Å². The van der Waals surface area contributed by atoms with Crippen molar-refractivity contribution in [1.82, 2.24) is 9.80 Å². The van der Waals surface area contributed by atoms with Gasteiger partial charge < -0.3 is 15.0 Å². The molecule has 0 aromatic heterocycles. The van der Waals surface area contributed by atoms with Gasteiger partial charge >= 0.3 is 6.03 Å². The predicted molar refractivity (Wildman–Crippen MR) is 78.2 cm³/mol. The molecule has 1 atom stereocenters. The van der Waals surface area contributed by atoms with Crippen molar-refractivity contribution >= 4 is 11.7 Å². The summed E-state index contributed by atoms with van der Waals surface area (Å²) in [7, 11) is 1.63. The maximum Gasteiger partial charge on any atom is 0.321 e. The summed E-state index contributed by atoms with van der Waals surface area (Å²) in [4.78, 5) is 16.7. The van der Waals surface area contributed by atoms with Crippen LogP contribution in [0.5, 0.6) is 5.75 Å². The number of nitrogens with one attached hydrogen (secondary N) is 1. The first kappa shape index (κ1) is 13.2. The summed E-state index contributed by atoms with van der Waals surface area (Å²) >= 11 is 0. The van der Waals surface area contributed by atoms with E-state index >= 15 is 0 Å². The molecule has 0 spiro atoms. The molecule has 0 saturated carbocycles. The van der Waals surface area contributed by atoms with Gasteiger partial charge in [0.2, 0.25) is 0 Å². The summed E-state index contributed by atoms with van der Waals surface area (Å²) in [6, 6.07) is 7.99. The topological polar surface area (TPSA) is 44.8 Å². The zero-order chi connectivity index (χ0) is 13.9. The molecule has 2 saturated heterocycles. The summed E-state index contributed by atoms with van der Waals surface area (Å²) in [5, 5.41) is 2.96. The second kappa shape index (κ2) is 5.71. The number of hydrogen-bond donors (Lipinski definition) is 1. The molecule has 0 radical (unpaired) electrons. The highest BCUT2D eigenvalue weighted by Crippen LogP contribution is 2.22. The zero-order valence-corrected chi connectivity index (χ0v) is 11.8. The Kier molecular flexibility index (Phi) is 3.78. The lowest BCUT2D eigenvalue weighted by atomic mass is 10.1. The monoisotopic (exact) mass is 275 g/mol. The number of benzene rings is 1. The third-order valence-corrected chi connectivity index (χ3v) is 4.22. The molecule has 108 valence electrons. The molecule has 5 heteroatoms. The number of rotatable bonds is 2. The van der Waals surface area contributed by atoms with Crippen molar-refractivity contribution < 1.29 is 9.53 Å². The van der Waals surface area contributed by atoms with Crippen molar-refractivity contribution in [1.29, 1.82) is 0 Å². The zero-order valence-electron chi connectivity index (χ0n) is 11.8. The van der Waals surface area contributed by atoms with E-state index in [4.69, 9.17) is 4.74 Å². The molecule has 1 aromatic carbocycles. The molecule has 0 aliphatic carbocycles. The van der Waals surface area contributed by atoms with E-state index in [1.807, 2.05) is 29.2 Å². The molecule has 2 aliphatic heterocycles. The average Bonchev–Trinajstić information content (AvgIpc) is 2.95. The second-order valence-corrected chi connectivity index (χ2v) is 5.44. The molecule has 2 fully saturated rings. The number of hydrogen-bond acceptors (Lipinski definition) is 3. The van der Waals surface area contributed by atoms with Crippen LogP contribution in [0.3, 0.4) is 0 Å². The molecular formula is C15H21N3O2. The van der Waals surface area contributed by atoms with Crippen molar-refractivity contribution in [3.05, 3.63) is 24.3 Å². The number of urea groups is 1. The Morgan fingerprint density at radius 2 is 2.05 bits per heavy atom. The van der Waals surface area contributed by atoms with Gasteiger partial charge in [0.15, 0.2) is 0 Å². The number of nitrogens with zero attached hydrogens (tertiary/aromatic N) is 2. The van der Waals surface area contributed by atoms with Gasteiger partial charge in [0.05, 0.1) is 7.11 Å². The van der Waals surface area contributed by atoms with Gasteiger partial charge in [0, 0.05) is 31.4 Å². The quantitative estimate of drug-likeness (QED) is 0.898. The van der Waals surface area contributed by atoms with Gasteiger partial charge in [-0.2, -0.15) is 0 Å². The minimum atomic E-state index is 0.00159. The van der Waals surface area contributed by atoms with Crippen LogP contribution in [0.15, 0.2) is 24.3 Å². The normalized spacial score (nSPS) is 22.4. The highest BCUT2D eigenvalue weighted by Gasteiger charge is 2.32. The molecule has 1 aromatic rings. The van der Waals surface area contributed by atoms with E-state index < -0.39 is 0 Å². The minimum absolute atomic E-state index is 0.00159. The van der Waals surface area contributed by atoms with Gasteiger partial charge in [-0.1, -0.05) is 0 Å². The SMILES string of the molecule is COc1ccc(NC(=O)N2CCN3CCC[C@@H]3C2)cc1. The third kappa shape index (κ3) is 2.72. The van der Waals surface area contributed by atoms with E-state index in [0.717, 1.165) is 31.1 Å². The number of carbonyl (C=O) groups excluding carboxylic acids is 1. The van der Waals surface area contributed by atoms with Crippen LogP contribution in [0.4, 0.5) is 10.5 Å². The lowest BCUT2D eigenvalue weighted by Gasteiger charge is -2.37. The molecule has 0 bridgehead atoms. The van der Waals surface area contributed by atoms with Gasteiger partial charge in [0.25, 0.3) is 0 Å². The van der Waals surface area contributed by atoms with Crippen molar-refractivity contribution in [2.24, 2.45) is 0 Å². The van der Waals surface area contributed by atoms with Crippen LogP contribution < -0.4 is 10.1 Å². The molecule has 20 heavy (non-hydrogen) atoms. The van der Waals surface area contributed by atoms with E-state index in [1.54, 1.807) is 7.11 Å². The Hall–Kier alpha value is -1.75. The number of piperazine rings is 1. The third-order valence-electron chi connectivity index (χ3n) is 4.22. The molecule has 2 aliphatic rings. The maximum atomic E-state index is 12.3. The van der Waals surface area contributed by atoms with Crippen molar-refractivity contribution in [2.45, 2.75) is 18.9 Å². The summed E-state index contributed by atoms with van der Waals surface area (Å²) < 4.78 is 5.11. The van der Waals surface area contributed by atoms with Crippen molar-refractivity contribution in [3.8, 4) is 5.75 Å². The fraction of sp³-hybridized carbons (Fsp3) is 0.533. The van der Waals surface area contributed by atoms with Crippen LogP contribution in [-0.2, 0) is 0 Å². The smallest absolute Gasteiger partial charge is 0.321 e. The number of ether oxygens (including phenoxy) is 1. The van der Waals surface area contributed by atoms with Crippen molar-refractivity contribution in [2.75, 3.05) is 38.6 Å². The standard InChI is InChI=1S/C15H21N3O2/c1-20-14-6-4-12(5-7-14)16-15(19)18-10-9-17-8-2-3-13(17)11-18/h4-7,13H,2-3,8-11H2,1H3,(H,16,19)/t13-/m1/s1. The fourth-order valence-corrected chi connectivity index (χ4v) is 3.05. The van der Waals surface area contributed by atoms with Gasteiger partial charge in [-0.25, -0.2) is 4.79 Å². The highest BCUT2D eigenvalue weighted by atomic mass is 16.5. The number of carbonyl (C=O) groups is 1. The molecular weight excluding hydrogens is 254 g/mol. The lowest BCUT2D eigenvalue weighted by molar-refractivity contribution is 0.124. The summed E-state index contributed by atoms with van der Waals surface area (Å²) in [5.74, 6) is 0.794. The van der Waals surface area contributed by atoms with E-state index in [0.29, 0.717) is 6.04 Å². The highest BCUT2D eigenvalue weighted by molar-refractivity contribution is 5.89. The van der Waals surface area contributed by atoms with E-state index in [2.05, 4.69) is 10.2 Å². The van der Waals surface area contributed by atoms with Crippen LogP contribution in [0.25, 0.3) is 0 Å². The molecule has 2 amide bonds. The van der Waals surface area contributed by atoms with Gasteiger partial charge in [-0.05, 0) is 43.7 Å². The Morgan fingerprint density at radius 1 is 1.25 bits per heavy atom. The molecule has 0 unspecified atom stereocenters. The summed E-state index contributed by atoms with van der Waals surface area (Å²) in [6.07, 6.45) is 2.48. The van der Waals surface area contributed by atoms with Crippen molar-refractivity contribution in [3.63, 3.8) is 0 Å². The second-order valence-electron chi connectivity index (χ2n) is 5.44.